The average molecular weight is 320 g/mol. The molecule has 2 rings (SSSR count). The van der Waals surface area contributed by atoms with Gasteiger partial charge in [-0.2, -0.15) is 4.31 Å². The van der Waals surface area contributed by atoms with Crippen molar-refractivity contribution in [2.24, 2.45) is 11.7 Å². The Morgan fingerprint density at radius 3 is 2.79 bits per heavy atom. The van der Waals surface area contributed by atoms with Crippen LogP contribution in [0.1, 0.15) is 18.2 Å². The van der Waals surface area contributed by atoms with Crippen LogP contribution in [0.25, 0.3) is 0 Å². The minimum Gasteiger partial charge on any atom is -0.391 e. The largest absolute Gasteiger partial charge is 0.391 e. The predicted molar refractivity (Wildman–Crippen MR) is 78.8 cm³/mol. The van der Waals surface area contributed by atoms with Gasteiger partial charge in [-0.05, 0) is 24.5 Å². The van der Waals surface area contributed by atoms with Gasteiger partial charge in [0.1, 0.15) is 9.20 Å². The second kappa shape index (κ2) is 5.45. The summed E-state index contributed by atoms with van der Waals surface area (Å²) in [4.78, 5) is 0.776. The fraction of sp³-hybridized carbons (Fsp3) is 0.545. The molecule has 0 spiro atoms. The molecule has 2 atom stereocenters. The highest BCUT2D eigenvalue weighted by atomic mass is 32.2. The Labute approximate surface area is 122 Å². The Morgan fingerprint density at radius 2 is 2.26 bits per heavy atom. The molecule has 1 fully saturated rings. The topological polar surface area (TPSA) is 83.6 Å². The Kier molecular flexibility index (Phi) is 4.26. The van der Waals surface area contributed by atoms with Crippen LogP contribution < -0.4 is 5.73 Å². The van der Waals surface area contributed by atoms with Crippen molar-refractivity contribution in [1.29, 1.82) is 0 Å². The molecule has 19 heavy (non-hydrogen) atoms. The SMILES string of the molecule is CC1CCN(S(=O)(=O)c2ccc(C(N)=S)s2)CC1O. The Bertz CT molecular complexity index is 582. The van der Waals surface area contributed by atoms with Gasteiger partial charge >= 0.3 is 0 Å². The van der Waals surface area contributed by atoms with Crippen molar-refractivity contribution >= 4 is 38.6 Å². The van der Waals surface area contributed by atoms with Crippen molar-refractivity contribution in [1.82, 2.24) is 4.31 Å². The maximum Gasteiger partial charge on any atom is 0.252 e. The van der Waals surface area contributed by atoms with E-state index >= 15 is 0 Å². The van der Waals surface area contributed by atoms with Crippen LogP contribution in [0, 0.1) is 5.92 Å². The van der Waals surface area contributed by atoms with Crippen LogP contribution in [-0.4, -0.2) is 42.0 Å². The molecule has 0 aromatic carbocycles. The summed E-state index contributed by atoms with van der Waals surface area (Å²) in [5.74, 6) is 0.127. The molecule has 3 N–H and O–H groups in total. The van der Waals surface area contributed by atoms with E-state index in [-0.39, 0.29) is 21.7 Å². The smallest absolute Gasteiger partial charge is 0.252 e. The van der Waals surface area contributed by atoms with E-state index in [0.29, 0.717) is 17.8 Å². The number of aliphatic hydroxyl groups is 1. The van der Waals surface area contributed by atoms with E-state index in [1.165, 1.54) is 10.4 Å². The first-order valence-corrected chi connectivity index (χ1v) is 8.56. The molecule has 2 unspecified atom stereocenters. The lowest BCUT2D eigenvalue weighted by Gasteiger charge is -2.32. The minimum atomic E-state index is -3.55. The lowest BCUT2D eigenvalue weighted by atomic mass is 9.98. The van der Waals surface area contributed by atoms with E-state index in [1.54, 1.807) is 6.07 Å². The number of nitrogens with two attached hydrogens (primary N) is 1. The lowest BCUT2D eigenvalue weighted by Crippen LogP contribution is -2.45. The van der Waals surface area contributed by atoms with Crippen LogP contribution in [-0.2, 0) is 10.0 Å². The molecular formula is C11H16N2O3S3. The van der Waals surface area contributed by atoms with Gasteiger partial charge in [0.2, 0.25) is 0 Å². The van der Waals surface area contributed by atoms with E-state index in [2.05, 4.69) is 0 Å². The number of hydrogen-bond donors (Lipinski definition) is 2. The maximum atomic E-state index is 12.4. The summed E-state index contributed by atoms with van der Waals surface area (Å²) in [5, 5.41) is 9.81. The standard InChI is InChI=1S/C11H16N2O3S3/c1-7-4-5-13(6-8(7)14)19(15,16)10-3-2-9(18-10)11(12)17/h2-3,7-8,14H,4-6H2,1H3,(H2,12,17). The van der Waals surface area contributed by atoms with Crippen molar-refractivity contribution in [3.8, 4) is 0 Å². The van der Waals surface area contributed by atoms with Crippen LogP contribution >= 0.6 is 23.6 Å². The molecular weight excluding hydrogens is 304 g/mol. The Morgan fingerprint density at radius 1 is 1.58 bits per heavy atom. The highest BCUT2D eigenvalue weighted by molar-refractivity contribution is 7.91. The third-order valence-corrected chi connectivity index (χ3v) is 7.10. The van der Waals surface area contributed by atoms with Crippen LogP contribution in [0.3, 0.4) is 0 Å². The predicted octanol–water partition coefficient (Wildman–Crippen LogP) is 0.774. The zero-order valence-electron chi connectivity index (χ0n) is 10.4. The first-order valence-electron chi connectivity index (χ1n) is 5.90. The Balaban J connectivity index is 2.24. The zero-order valence-corrected chi connectivity index (χ0v) is 12.9. The molecule has 1 aliphatic rings. The van der Waals surface area contributed by atoms with Crippen molar-refractivity contribution in [3.05, 3.63) is 17.0 Å². The summed E-state index contributed by atoms with van der Waals surface area (Å²) in [6.07, 6.45) is 0.0482. The number of thiocarbonyl (C=S) groups is 1. The molecule has 8 heteroatoms. The van der Waals surface area contributed by atoms with Crippen LogP contribution in [0.15, 0.2) is 16.3 Å². The number of nitrogens with zero attached hydrogens (tertiary/aromatic N) is 1. The van der Waals surface area contributed by atoms with Gasteiger partial charge in [-0.1, -0.05) is 19.1 Å². The molecule has 5 nitrogen and oxygen atoms in total. The van der Waals surface area contributed by atoms with E-state index in [0.717, 1.165) is 11.3 Å². The van der Waals surface area contributed by atoms with Gasteiger partial charge in [0.05, 0.1) is 11.0 Å². The fourth-order valence-corrected chi connectivity index (χ4v) is 4.94. The third-order valence-electron chi connectivity index (χ3n) is 3.30. The average Bonchev–Trinajstić information content (AvgIpc) is 2.82. The zero-order chi connectivity index (χ0) is 14.2. The van der Waals surface area contributed by atoms with Gasteiger partial charge < -0.3 is 10.8 Å². The molecule has 1 aliphatic heterocycles. The normalized spacial score (nSPS) is 25.4. The number of sulfonamides is 1. The summed E-state index contributed by atoms with van der Waals surface area (Å²) in [6, 6.07) is 3.13. The molecule has 2 heterocycles. The van der Waals surface area contributed by atoms with E-state index in [4.69, 9.17) is 18.0 Å². The van der Waals surface area contributed by atoms with Crippen molar-refractivity contribution in [2.75, 3.05) is 13.1 Å². The Hall–Kier alpha value is -0.540. The molecule has 1 aromatic heterocycles. The molecule has 106 valence electrons. The van der Waals surface area contributed by atoms with Gasteiger partial charge in [-0.3, -0.25) is 0 Å². The van der Waals surface area contributed by atoms with E-state index in [9.17, 15) is 13.5 Å². The van der Waals surface area contributed by atoms with Crippen molar-refractivity contribution < 1.29 is 13.5 Å². The molecule has 0 amide bonds. The molecule has 0 bridgehead atoms. The maximum absolute atomic E-state index is 12.4. The monoisotopic (exact) mass is 320 g/mol. The molecule has 0 saturated carbocycles. The van der Waals surface area contributed by atoms with E-state index < -0.39 is 16.1 Å². The van der Waals surface area contributed by atoms with Crippen molar-refractivity contribution in [2.45, 2.75) is 23.7 Å². The van der Waals surface area contributed by atoms with Crippen molar-refractivity contribution in [3.63, 3.8) is 0 Å². The fourth-order valence-electron chi connectivity index (χ4n) is 1.96. The number of aliphatic hydroxyl groups excluding tert-OH is 1. The van der Waals surface area contributed by atoms with Crippen LogP contribution in [0.4, 0.5) is 0 Å². The quantitative estimate of drug-likeness (QED) is 0.804. The second-order valence-electron chi connectivity index (χ2n) is 4.68. The minimum absolute atomic E-state index is 0.127. The van der Waals surface area contributed by atoms with Gasteiger partial charge in [0.15, 0.2) is 0 Å². The van der Waals surface area contributed by atoms with E-state index in [1.807, 2.05) is 6.92 Å². The van der Waals surface area contributed by atoms with Gasteiger partial charge in [0.25, 0.3) is 10.0 Å². The summed E-state index contributed by atoms with van der Waals surface area (Å²) in [6.45, 7) is 2.50. The summed E-state index contributed by atoms with van der Waals surface area (Å²) in [5.41, 5.74) is 5.48. The molecule has 0 aliphatic carbocycles. The lowest BCUT2D eigenvalue weighted by molar-refractivity contribution is 0.0606. The first kappa shape index (κ1) is 14.9. The number of hydrogen-bond acceptors (Lipinski definition) is 5. The van der Waals surface area contributed by atoms with Crippen LogP contribution in [0.5, 0.6) is 0 Å². The highest BCUT2D eigenvalue weighted by Gasteiger charge is 2.33. The first-order chi connectivity index (χ1) is 8.82. The molecule has 1 aromatic rings. The third kappa shape index (κ3) is 2.97. The number of β-amino-alcohol motifs (C(OH)–C–C–N with tert-alkyl or cyclic N) is 1. The number of piperidine rings is 1. The summed E-state index contributed by atoms with van der Waals surface area (Å²) < 4.78 is 26.4. The highest BCUT2D eigenvalue weighted by Crippen LogP contribution is 2.28. The van der Waals surface area contributed by atoms with Gasteiger partial charge in [-0.15, -0.1) is 11.3 Å². The number of thiophene rings is 1. The molecule has 1 saturated heterocycles. The summed E-state index contributed by atoms with van der Waals surface area (Å²) >= 11 is 5.89. The van der Waals surface area contributed by atoms with Gasteiger partial charge in [-0.25, -0.2) is 8.42 Å². The molecule has 0 radical (unpaired) electrons. The summed E-state index contributed by atoms with van der Waals surface area (Å²) in [7, 11) is -3.55. The number of rotatable bonds is 3. The van der Waals surface area contributed by atoms with Gasteiger partial charge in [0, 0.05) is 13.1 Å². The second-order valence-corrected chi connectivity index (χ2v) is 8.37. The van der Waals surface area contributed by atoms with Crippen LogP contribution in [0.2, 0.25) is 0 Å².